The number of fused-ring (bicyclic) bond motifs is 1. The highest BCUT2D eigenvalue weighted by Gasteiger charge is 2.11. The van der Waals surface area contributed by atoms with Crippen molar-refractivity contribution in [3.63, 3.8) is 0 Å². The lowest BCUT2D eigenvalue weighted by Crippen LogP contribution is -2.25. The Morgan fingerprint density at radius 1 is 1.00 bits per heavy atom. The molecule has 2 aromatic heterocycles. The van der Waals surface area contributed by atoms with Crippen molar-refractivity contribution in [3.05, 3.63) is 96.0 Å². The number of pyridine rings is 1. The van der Waals surface area contributed by atoms with Crippen molar-refractivity contribution in [1.29, 1.82) is 0 Å². The van der Waals surface area contributed by atoms with Crippen LogP contribution in [0.3, 0.4) is 0 Å². The van der Waals surface area contributed by atoms with Crippen molar-refractivity contribution in [2.24, 2.45) is 0 Å². The molecule has 0 fully saturated rings. The number of carbonyl (C=O) groups excluding carboxylic acids is 1. The third-order valence-corrected chi connectivity index (χ3v) is 5.95. The lowest BCUT2D eigenvalue weighted by atomic mass is 10.1. The van der Waals surface area contributed by atoms with Gasteiger partial charge in [-0.25, -0.2) is 0 Å². The Morgan fingerprint density at radius 3 is 2.64 bits per heavy atom. The molecule has 0 bridgehead atoms. The molecule has 0 saturated carbocycles. The first-order chi connectivity index (χ1) is 17.7. The van der Waals surface area contributed by atoms with Crippen LogP contribution in [0.25, 0.3) is 23.1 Å². The number of likely N-dealkylation sites (N-methyl/N-ethyl adjacent to an activating group) is 1. The predicted molar refractivity (Wildman–Crippen MR) is 148 cm³/mol. The van der Waals surface area contributed by atoms with Crippen LogP contribution in [0.15, 0.2) is 79.0 Å². The van der Waals surface area contributed by atoms with E-state index in [0.717, 1.165) is 53.3 Å². The molecule has 2 heterocycles. The van der Waals surface area contributed by atoms with E-state index in [2.05, 4.69) is 50.6 Å². The molecule has 184 valence electrons. The molecule has 0 saturated heterocycles. The van der Waals surface area contributed by atoms with Gasteiger partial charge in [-0.2, -0.15) is 5.10 Å². The predicted octanol–water partition coefficient (Wildman–Crippen LogP) is 5.50. The van der Waals surface area contributed by atoms with Gasteiger partial charge in [0.05, 0.1) is 28.2 Å². The second-order valence-corrected chi connectivity index (χ2v) is 8.30. The van der Waals surface area contributed by atoms with Crippen molar-refractivity contribution in [1.82, 2.24) is 25.4 Å². The maximum absolute atomic E-state index is 12.8. The molecule has 3 N–H and O–H groups in total. The van der Waals surface area contributed by atoms with Gasteiger partial charge in [0.25, 0.3) is 5.91 Å². The summed E-state index contributed by atoms with van der Waals surface area (Å²) in [6.45, 7) is 7.69. The van der Waals surface area contributed by atoms with Crippen LogP contribution in [-0.2, 0) is 0 Å². The molecule has 0 atom stereocenters. The van der Waals surface area contributed by atoms with Gasteiger partial charge in [-0.1, -0.05) is 44.2 Å². The van der Waals surface area contributed by atoms with E-state index in [1.54, 1.807) is 6.20 Å². The van der Waals surface area contributed by atoms with E-state index < -0.39 is 0 Å². The molecule has 4 rings (SSSR count). The molecule has 0 unspecified atom stereocenters. The fourth-order valence-corrected chi connectivity index (χ4v) is 3.87. The lowest BCUT2D eigenvalue weighted by molar-refractivity contribution is 0.0959. The molecule has 1 amide bonds. The summed E-state index contributed by atoms with van der Waals surface area (Å²) in [6.07, 6.45) is 9.75. The normalized spacial score (nSPS) is 11.6. The van der Waals surface area contributed by atoms with Crippen LogP contribution in [0.2, 0.25) is 0 Å². The van der Waals surface area contributed by atoms with Crippen molar-refractivity contribution >= 4 is 40.3 Å². The number of benzene rings is 2. The quantitative estimate of drug-likeness (QED) is 0.247. The van der Waals surface area contributed by atoms with Crippen LogP contribution >= 0.6 is 0 Å². The topological polar surface area (TPSA) is 85.9 Å². The van der Waals surface area contributed by atoms with E-state index >= 15 is 0 Å². The van der Waals surface area contributed by atoms with Crippen molar-refractivity contribution in [3.8, 4) is 0 Å². The molecule has 4 aromatic rings. The Morgan fingerprint density at radius 2 is 1.83 bits per heavy atom. The van der Waals surface area contributed by atoms with Crippen LogP contribution in [0, 0.1) is 0 Å². The monoisotopic (exact) mass is 480 g/mol. The zero-order valence-corrected chi connectivity index (χ0v) is 20.7. The van der Waals surface area contributed by atoms with Gasteiger partial charge in [0.2, 0.25) is 0 Å². The molecule has 0 aliphatic carbocycles. The third-order valence-electron chi connectivity index (χ3n) is 5.95. The average Bonchev–Trinajstić information content (AvgIpc) is 3.32. The minimum absolute atomic E-state index is 0.116. The van der Waals surface area contributed by atoms with Gasteiger partial charge in [-0.3, -0.25) is 14.9 Å². The van der Waals surface area contributed by atoms with Gasteiger partial charge in [0, 0.05) is 30.4 Å². The smallest absolute Gasteiger partial charge is 0.253 e. The molecule has 0 spiro atoms. The number of hydrogen-bond acceptors (Lipinski definition) is 5. The zero-order valence-electron chi connectivity index (χ0n) is 20.7. The number of hydrogen-bond donors (Lipinski definition) is 3. The summed E-state index contributed by atoms with van der Waals surface area (Å²) in [6, 6.07) is 19.3. The van der Waals surface area contributed by atoms with E-state index in [0.29, 0.717) is 12.1 Å². The van der Waals surface area contributed by atoms with E-state index in [9.17, 15) is 4.79 Å². The Hall–Kier alpha value is -4.23. The Balaban J connectivity index is 1.42. The fraction of sp³-hybridized carbons (Fsp3) is 0.207. The fourth-order valence-electron chi connectivity index (χ4n) is 3.87. The second-order valence-electron chi connectivity index (χ2n) is 8.30. The summed E-state index contributed by atoms with van der Waals surface area (Å²) in [5, 5.41) is 14.9. The van der Waals surface area contributed by atoms with Gasteiger partial charge in [0.1, 0.15) is 0 Å². The summed E-state index contributed by atoms with van der Waals surface area (Å²) in [5.41, 5.74) is 4.83. The number of amides is 1. The number of rotatable bonds is 11. The average molecular weight is 481 g/mol. The van der Waals surface area contributed by atoms with Crippen LogP contribution in [0.1, 0.15) is 35.6 Å². The minimum atomic E-state index is -0.116. The summed E-state index contributed by atoms with van der Waals surface area (Å²) >= 11 is 0. The summed E-state index contributed by atoms with van der Waals surface area (Å²) in [4.78, 5) is 19.5. The van der Waals surface area contributed by atoms with Crippen LogP contribution in [0.5, 0.6) is 0 Å². The second kappa shape index (κ2) is 12.5. The van der Waals surface area contributed by atoms with E-state index in [4.69, 9.17) is 0 Å². The molecule has 2 aromatic carbocycles. The summed E-state index contributed by atoms with van der Waals surface area (Å²) < 4.78 is 0. The minimum Gasteiger partial charge on any atom is -0.355 e. The summed E-state index contributed by atoms with van der Waals surface area (Å²) in [7, 11) is 0. The highest BCUT2D eigenvalue weighted by Crippen LogP contribution is 2.26. The van der Waals surface area contributed by atoms with Crippen molar-refractivity contribution < 1.29 is 4.79 Å². The van der Waals surface area contributed by atoms with Crippen molar-refractivity contribution in [2.75, 3.05) is 31.5 Å². The maximum atomic E-state index is 12.8. The number of anilines is 2. The lowest BCUT2D eigenvalue weighted by Gasteiger charge is -2.15. The first-order valence-electron chi connectivity index (χ1n) is 12.3. The molecule has 36 heavy (non-hydrogen) atoms. The maximum Gasteiger partial charge on any atom is 0.253 e. The van der Waals surface area contributed by atoms with Gasteiger partial charge < -0.3 is 15.5 Å². The molecule has 7 nitrogen and oxygen atoms in total. The summed E-state index contributed by atoms with van der Waals surface area (Å²) in [5.74, 6) is -0.116. The van der Waals surface area contributed by atoms with Crippen LogP contribution in [-0.4, -0.2) is 52.2 Å². The number of aromatic nitrogens is 3. The standard InChI is InChI=1S/C29H32N6O/c1-3-35(4-2)20-10-9-19-31-29(36)25-12-5-6-13-26(25)32-23-14-16-24-27(33-34-28(24)21-23)17-15-22-11-7-8-18-30-22/h5-18,21,32H,3-4,19-20H2,1-2H3,(H,31,36)(H,33,34)/b10-9+,17-15+. The Bertz CT molecular complexity index is 1340. The number of nitrogens with one attached hydrogen (secondary N) is 3. The SMILES string of the molecule is CCN(CC)C/C=C/CNC(=O)c1ccccc1Nc1ccc2c(/C=C/c3ccccn3)n[nH]c2c1. The molecule has 0 aliphatic rings. The zero-order chi connectivity index (χ0) is 25.2. The molecule has 7 heteroatoms. The van der Waals surface area contributed by atoms with Crippen molar-refractivity contribution in [2.45, 2.75) is 13.8 Å². The van der Waals surface area contributed by atoms with E-state index in [1.807, 2.05) is 78.9 Å². The van der Waals surface area contributed by atoms with Gasteiger partial charge in [-0.05, 0) is 67.7 Å². The number of carbonyl (C=O) groups is 1. The largest absolute Gasteiger partial charge is 0.355 e. The molecular formula is C29H32N6O. The Labute approximate surface area is 212 Å². The van der Waals surface area contributed by atoms with E-state index in [1.165, 1.54) is 0 Å². The molecular weight excluding hydrogens is 448 g/mol. The van der Waals surface area contributed by atoms with Crippen LogP contribution in [0.4, 0.5) is 11.4 Å². The first kappa shape index (κ1) is 24.9. The molecule has 0 aliphatic heterocycles. The highest BCUT2D eigenvalue weighted by atomic mass is 16.1. The number of aromatic amines is 1. The number of para-hydroxylation sites is 1. The molecule has 0 radical (unpaired) electrons. The third kappa shape index (κ3) is 6.46. The number of nitrogens with zero attached hydrogens (tertiary/aromatic N) is 3. The van der Waals surface area contributed by atoms with Gasteiger partial charge in [0.15, 0.2) is 0 Å². The Kier molecular flexibility index (Phi) is 8.62. The van der Waals surface area contributed by atoms with Crippen LogP contribution < -0.4 is 10.6 Å². The van der Waals surface area contributed by atoms with E-state index in [-0.39, 0.29) is 5.91 Å². The highest BCUT2D eigenvalue weighted by molar-refractivity contribution is 6.00. The first-order valence-corrected chi connectivity index (χ1v) is 12.3. The van der Waals surface area contributed by atoms with Gasteiger partial charge in [-0.15, -0.1) is 0 Å². The van der Waals surface area contributed by atoms with Gasteiger partial charge >= 0.3 is 0 Å². The number of H-pyrrole nitrogens is 1.